The lowest BCUT2D eigenvalue weighted by Crippen LogP contribution is -2.37. The molecule has 1 saturated carbocycles. The lowest BCUT2D eigenvalue weighted by molar-refractivity contribution is 0.253. The Bertz CT molecular complexity index is 351. The molecule has 14 heavy (non-hydrogen) atoms. The van der Waals surface area contributed by atoms with E-state index in [9.17, 15) is 0 Å². The number of thiocarbonyl (C=S) groups is 1. The number of aliphatic imine (C=N–C) groups is 1. The van der Waals surface area contributed by atoms with Crippen LogP contribution in [0, 0.1) is 0 Å². The Kier molecular flexibility index (Phi) is 2.71. The van der Waals surface area contributed by atoms with Gasteiger partial charge >= 0.3 is 0 Å². The van der Waals surface area contributed by atoms with Gasteiger partial charge in [-0.25, -0.2) is 4.99 Å². The van der Waals surface area contributed by atoms with Gasteiger partial charge in [-0.05, 0) is 36.7 Å². The van der Waals surface area contributed by atoms with E-state index < -0.39 is 0 Å². The summed E-state index contributed by atoms with van der Waals surface area (Å²) in [6.45, 7) is 0.766. The monoisotopic (exact) mass is 204 g/mol. The Morgan fingerprint density at radius 2 is 2.43 bits per heavy atom. The third kappa shape index (κ3) is 1.61. The molecule has 0 bridgehead atoms. The first kappa shape index (κ1) is 9.50. The van der Waals surface area contributed by atoms with Crippen LogP contribution in [0.1, 0.15) is 24.8 Å². The minimum absolute atomic E-state index is 0.208. The summed E-state index contributed by atoms with van der Waals surface area (Å²) in [5.74, 6) is 0. The molecular formula is C11H12N2S. The van der Waals surface area contributed by atoms with Crippen molar-refractivity contribution in [3.05, 3.63) is 30.1 Å². The molecule has 1 fully saturated rings. The third-order valence-corrected chi connectivity index (χ3v) is 3.16. The second-order valence-electron chi connectivity index (χ2n) is 3.78. The molecule has 1 aliphatic rings. The standard InChI is InChI=1S/C11H12N2S/c14-9-13-8-11(4-2-5-11)10-3-1-6-12-7-10/h1,3,6-7H,2,4-5,8H2. The van der Waals surface area contributed by atoms with Crippen molar-refractivity contribution in [2.45, 2.75) is 24.7 Å². The summed E-state index contributed by atoms with van der Waals surface area (Å²) < 4.78 is 0. The van der Waals surface area contributed by atoms with Gasteiger partial charge in [0, 0.05) is 17.8 Å². The second kappa shape index (κ2) is 3.99. The van der Waals surface area contributed by atoms with E-state index in [-0.39, 0.29) is 5.41 Å². The summed E-state index contributed by atoms with van der Waals surface area (Å²) in [4.78, 5) is 8.23. The average Bonchev–Trinajstić information content (AvgIpc) is 2.18. The highest BCUT2D eigenvalue weighted by atomic mass is 32.1. The molecule has 0 N–H and O–H groups in total. The Morgan fingerprint density at radius 1 is 1.57 bits per heavy atom. The summed E-state index contributed by atoms with van der Waals surface area (Å²) in [5, 5.41) is 2.45. The average molecular weight is 204 g/mol. The third-order valence-electron chi connectivity index (χ3n) is 3.03. The van der Waals surface area contributed by atoms with E-state index in [0.29, 0.717) is 0 Å². The van der Waals surface area contributed by atoms with Gasteiger partial charge in [-0.3, -0.25) is 4.98 Å². The van der Waals surface area contributed by atoms with Crippen LogP contribution < -0.4 is 0 Å². The van der Waals surface area contributed by atoms with Gasteiger partial charge in [-0.1, -0.05) is 12.5 Å². The molecule has 0 radical (unpaired) electrons. The molecule has 1 aliphatic carbocycles. The minimum Gasteiger partial charge on any atom is -0.264 e. The van der Waals surface area contributed by atoms with E-state index >= 15 is 0 Å². The quantitative estimate of drug-likeness (QED) is 0.558. The van der Waals surface area contributed by atoms with E-state index in [4.69, 9.17) is 0 Å². The maximum Gasteiger partial charge on any atom is 0.0590 e. The zero-order valence-electron chi connectivity index (χ0n) is 7.94. The number of isothiocyanates is 1. The summed E-state index contributed by atoms with van der Waals surface area (Å²) >= 11 is 4.61. The fraction of sp³-hybridized carbons (Fsp3) is 0.455. The highest BCUT2D eigenvalue weighted by Crippen LogP contribution is 2.43. The number of rotatable bonds is 3. The molecule has 0 amide bonds. The first-order valence-electron chi connectivity index (χ1n) is 4.82. The Hall–Kier alpha value is -1.05. The van der Waals surface area contributed by atoms with Crippen molar-refractivity contribution in [1.82, 2.24) is 4.98 Å². The van der Waals surface area contributed by atoms with Crippen LogP contribution in [-0.2, 0) is 5.41 Å². The summed E-state index contributed by atoms with van der Waals surface area (Å²) in [6, 6.07) is 4.11. The van der Waals surface area contributed by atoms with E-state index in [1.807, 2.05) is 12.3 Å². The van der Waals surface area contributed by atoms with Crippen LogP contribution in [0.3, 0.4) is 0 Å². The number of nitrogens with zero attached hydrogens (tertiary/aromatic N) is 2. The number of pyridine rings is 1. The largest absolute Gasteiger partial charge is 0.264 e. The van der Waals surface area contributed by atoms with E-state index in [0.717, 1.165) is 6.54 Å². The van der Waals surface area contributed by atoms with Crippen molar-refractivity contribution in [3.63, 3.8) is 0 Å². The fourth-order valence-electron chi connectivity index (χ4n) is 2.00. The predicted molar refractivity (Wildman–Crippen MR) is 59.7 cm³/mol. The van der Waals surface area contributed by atoms with Crippen molar-refractivity contribution < 1.29 is 0 Å². The molecule has 0 aromatic carbocycles. The Balaban J connectivity index is 2.24. The number of hydrogen-bond donors (Lipinski definition) is 0. The topological polar surface area (TPSA) is 25.2 Å². The van der Waals surface area contributed by atoms with Crippen LogP contribution >= 0.6 is 12.2 Å². The number of hydrogen-bond acceptors (Lipinski definition) is 3. The van der Waals surface area contributed by atoms with Gasteiger partial charge in [0.1, 0.15) is 0 Å². The molecule has 0 aliphatic heterocycles. The molecule has 2 nitrogen and oxygen atoms in total. The van der Waals surface area contributed by atoms with Gasteiger partial charge in [0.25, 0.3) is 0 Å². The maximum atomic E-state index is 4.61. The van der Waals surface area contributed by atoms with Gasteiger partial charge in [-0.2, -0.15) is 0 Å². The molecule has 0 unspecified atom stereocenters. The van der Waals surface area contributed by atoms with Gasteiger partial charge in [0.05, 0.1) is 11.7 Å². The second-order valence-corrected chi connectivity index (χ2v) is 3.97. The highest BCUT2D eigenvalue weighted by Gasteiger charge is 2.38. The molecule has 2 rings (SSSR count). The molecule has 3 heteroatoms. The molecule has 0 spiro atoms. The van der Waals surface area contributed by atoms with E-state index in [2.05, 4.69) is 33.4 Å². The van der Waals surface area contributed by atoms with Crippen LogP contribution in [0.2, 0.25) is 0 Å². The Labute approximate surface area is 89.1 Å². The van der Waals surface area contributed by atoms with Crippen LogP contribution in [-0.4, -0.2) is 16.7 Å². The Morgan fingerprint density at radius 3 is 2.93 bits per heavy atom. The first-order chi connectivity index (χ1) is 6.87. The highest BCUT2D eigenvalue weighted by molar-refractivity contribution is 7.78. The lowest BCUT2D eigenvalue weighted by atomic mass is 9.65. The SMILES string of the molecule is S=C=NCC1(c2cccnc2)CCC1. The van der Waals surface area contributed by atoms with Crippen molar-refractivity contribution in [1.29, 1.82) is 0 Å². The van der Waals surface area contributed by atoms with E-state index in [1.54, 1.807) is 6.20 Å². The molecular weight excluding hydrogens is 192 g/mol. The van der Waals surface area contributed by atoms with Gasteiger partial charge in [-0.15, -0.1) is 0 Å². The lowest BCUT2D eigenvalue weighted by Gasteiger charge is -2.40. The van der Waals surface area contributed by atoms with Crippen LogP contribution in [0.25, 0.3) is 0 Å². The summed E-state index contributed by atoms with van der Waals surface area (Å²) in [7, 11) is 0. The summed E-state index contributed by atoms with van der Waals surface area (Å²) in [5.41, 5.74) is 1.50. The van der Waals surface area contributed by atoms with Crippen LogP contribution in [0.5, 0.6) is 0 Å². The zero-order valence-corrected chi connectivity index (χ0v) is 8.76. The number of aromatic nitrogens is 1. The van der Waals surface area contributed by atoms with Gasteiger partial charge < -0.3 is 0 Å². The molecule has 0 atom stereocenters. The van der Waals surface area contributed by atoms with Crippen molar-refractivity contribution in [2.24, 2.45) is 4.99 Å². The smallest absolute Gasteiger partial charge is 0.0590 e. The molecule has 1 heterocycles. The zero-order chi connectivity index (χ0) is 9.86. The molecule has 1 aromatic heterocycles. The van der Waals surface area contributed by atoms with Crippen molar-refractivity contribution >= 4 is 17.4 Å². The normalized spacial score (nSPS) is 18.0. The summed E-state index contributed by atoms with van der Waals surface area (Å²) in [6.07, 6.45) is 7.41. The molecule has 1 aromatic rings. The van der Waals surface area contributed by atoms with Gasteiger partial charge in [0.2, 0.25) is 0 Å². The van der Waals surface area contributed by atoms with Crippen LogP contribution in [0.15, 0.2) is 29.5 Å². The maximum absolute atomic E-state index is 4.61. The van der Waals surface area contributed by atoms with Crippen molar-refractivity contribution in [2.75, 3.05) is 6.54 Å². The predicted octanol–water partition coefficient (Wildman–Crippen LogP) is 2.61. The van der Waals surface area contributed by atoms with E-state index in [1.165, 1.54) is 24.8 Å². The van der Waals surface area contributed by atoms with Crippen molar-refractivity contribution in [3.8, 4) is 0 Å². The molecule has 72 valence electrons. The minimum atomic E-state index is 0.208. The molecule has 0 saturated heterocycles. The fourth-order valence-corrected chi connectivity index (χ4v) is 2.07. The van der Waals surface area contributed by atoms with Gasteiger partial charge in [0.15, 0.2) is 0 Å². The first-order valence-corrected chi connectivity index (χ1v) is 5.22. The van der Waals surface area contributed by atoms with Crippen LogP contribution in [0.4, 0.5) is 0 Å².